The fourth-order valence-corrected chi connectivity index (χ4v) is 3.79. The average Bonchev–Trinajstić information content (AvgIpc) is 2.66. The van der Waals surface area contributed by atoms with Crippen molar-refractivity contribution in [1.82, 2.24) is 4.90 Å². The maximum Gasteiger partial charge on any atom is 0.417 e. The molecule has 2 atom stereocenters. The first-order valence-corrected chi connectivity index (χ1v) is 7.30. The minimum atomic E-state index is -4.48. The number of Topliss-reactive ketones (excluding diaryl/α,β-unsaturated/α-hetero) is 1. The second-order valence-electron chi connectivity index (χ2n) is 6.13. The molecule has 21 heavy (non-hydrogen) atoms. The number of alkyl halides is 3. The van der Waals surface area contributed by atoms with Crippen LogP contribution in [0.5, 0.6) is 0 Å². The zero-order valence-corrected chi connectivity index (χ0v) is 11.9. The molecule has 0 radical (unpaired) electrons. The van der Waals surface area contributed by atoms with Crippen LogP contribution in [0.25, 0.3) is 0 Å². The number of hydrogen-bond acceptors (Lipinski definition) is 2. The molecule has 0 saturated carbocycles. The smallest absolute Gasteiger partial charge is 0.300 e. The number of benzene rings is 1. The molecule has 2 bridgehead atoms. The maximum absolute atomic E-state index is 13.0. The van der Waals surface area contributed by atoms with E-state index in [1.807, 2.05) is 7.05 Å². The van der Waals surface area contributed by atoms with E-state index < -0.39 is 11.7 Å². The average molecular weight is 297 g/mol. The van der Waals surface area contributed by atoms with Crippen molar-refractivity contribution in [2.24, 2.45) is 5.92 Å². The number of carbonyl (C=O) groups is 1. The second-order valence-corrected chi connectivity index (χ2v) is 6.13. The van der Waals surface area contributed by atoms with Crippen LogP contribution >= 0.6 is 0 Å². The number of halogens is 3. The Balaban J connectivity index is 1.87. The van der Waals surface area contributed by atoms with Gasteiger partial charge in [-0.25, -0.2) is 0 Å². The van der Waals surface area contributed by atoms with Crippen molar-refractivity contribution in [3.8, 4) is 0 Å². The largest absolute Gasteiger partial charge is 0.417 e. The van der Waals surface area contributed by atoms with Gasteiger partial charge in [0, 0.05) is 23.6 Å². The number of nitrogens with zero attached hydrogens (tertiary/aromatic N) is 1. The number of piperidine rings is 1. The summed E-state index contributed by atoms with van der Waals surface area (Å²) < 4.78 is 39.1. The Hall–Kier alpha value is -1.36. The van der Waals surface area contributed by atoms with Crippen LogP contribution in [0.3, 0.4) is 0 Å². The zero-order chi connectivity index (χ0) is 15.2. The third-order valence-electron chi connectivity index (χ3n) is 4.97. The Morgan fingerprint density at radius 1 is 1.14 bits per heavy atom. The fourth-order valence-electron chi connectivity index (χ4n) is 3.79. The van der Waals surface area contributed by atoms with E-state index in [1.165, 1.54) is 18.2 Å². The van der Waals surface area contributed by atoms with Crippen LogP contribution in [0.2, 0.25) is 0 Å². The highest BCUT2D eigenvalue weighted by Crippen LogP contribution is 2.40. The van der Waals surface area contributed by atoms with E-state index in [4.69, 9.17) is 0 Å². The van der Waals surface area contributed by atoms with E-state index in [-0.39, 0.29) is 17.3 Å². The van der Waals surface area contributed by atoms with Gasteiger partial charge >= 0.3 is 6.18 Å². The Morgan fingerprint density at radius 3 is 2.29 bits per heavy atom. The van der Waals surface area contributed by atoms with Crippen LogP contribution in [0.1, 0.15) is 41.6 Å². The summed E-state index contributed by atoms with van der Waals surface area (Å²) in [6, 6.07) is 5.83. The summed E-state index contributed by atoms with van der Waals surface area (Å²) in [6.45, 7) is 0. The van der Waals surface area contributed by atoms with Crippen molar-refractivity contribution in [3.05, 3.63) is 35.4 Å². The SMILES string of the molecule is CN1C2CCC1CC(C(=O)c1ccccc1C(F)(F)F)C2. The predicted molar refractivity (Wildman–Crippen MR) is 73.1 cm³/mol. The molecular weight excluding hydrogens is 279 g/mol. The summed E-state index contributed by atoms with van der Waals surface area (Å²) in [6.07, 6.45) is -1.02. The third kappa shape index (κ3) is 2.59. The lowest BCUT2D eigenvalue weighted by Gasteiger charge is -2.35. The van der Waals surface area contributed by atoms with E-state index in [9.17, 15) is 18.0 Å². The monoisotopic (exact) mass is 297 g/mol. The van der Waals surface area contributed by atoms with Crippen molar-refractivity contribution in [2.75, 3.05) is 7.05 Å². The van der Waals surface area contributed by atoms with E-state index in [0.717, 1.165) is 18.9 Å². The predicted octanol–water partition coefficient (Wildman–Crippen LogP) is 3.76. The Bertz CT molecular complexity index is 541. The van der Waals surface area contributed by atoms with Crippen LogP contribution in [0.15, 0.2) is 24.3 Å². The molecule has 0 N–H and O–H groups in total. The maximum atomic E-state index is 13.0. The standard InChI is InChI=1S/C16H18F3NO/c1-20-11-6-7-12(20)9-10(8-11)15(21)13-4-2-3-5-14(13)16(17,18)19/h2-5,10-12H,6-9H2,1H3. The summed E-state index contributed by atoms with van der Waals surface area (Å²) in [5.41, 5.74) is -0.972. The van der Waals surface area contributed by atoms with Crippen LogP contribution in [-0.2, 0) is 6.18 Å². The van der Waals surface area contributed by atoms with Crippen LogP contribution < -0.4 is 0 Å². The Kier molecular flexibility index (Phi) is 3.56. The molecule has 114 valence electrons. The molecule has 2 unspecified atom stereocenters. The fraction of sp³-hybridized carbons (Fsp3) is 0.562. The topological polar surface area (TPSA) is 20.3 Å². The molecule has 3 rings (SSSR count). The number of hydrogen-bond donors (Lipinski definition) is 0. The van der Waals surface area contributed by atoms with Crippen molar-refractivity contribution in [2.45, 2.75) is 43.9 Å². The minimum Gasteiger partial charge on any atom is -0.300 e. The van der Waals surface area contributed by atoms with E-state index in [2.05, 4.69) is 4.90 Å². The van der Waals surface area contributed by atoms with Gasteiger partial charge in [0.15, 0.2) is 5.78 Å². The van der Waals surface area contributed by atoms with Crippen LogP contribution in [0, 0.1) is 5.92 Å². The Labute approximate surface area is 121 Å². The van der Waals surface area contributed by atoms with Gasteiger partial charge in [-0.3, -0.25) is 4.79 Å². The summed E-state index contributed by atoms with van der Waals surface area (Å²) in [5, 5.41) is 0. The molecule has 2 fully saturated rings. The molecule has 0 aromatic heterocycles. The molecule has 0 spiro atoms. The lowest BCUT2D eigenvalue weighted by atomic mass is 9.83. The van der Waals surface area contributed by atoms with Gasteiger partial charge in [0.1, 0.15) is 0 Å². The summed E-state index contributed by atoms with van der Waals surface area (Å²) in [5.74, 6) is -0.616. The summed E-state index contributed by atoms with van der Waals surface area (Å²) in [4.78, 5) is 14.9. The highest BCUT2D eigenvalue weighted by molar-refractivity contribution is 5.99. The highest BCUT2D eigenvalue weighted by Gasteiger charge is 2.43. The quantitative estimate of drug-likeness (QED) is 0.775. The van der Waals surface area contributed by atoms with E-state index in [0.29, 0.717) is 24.9 Å². The zero-order valence-electron chi connectivity index (χ0n) is 11.9. The molecule has 1 aromatic carbocycles. The first-order valence-electron chi connectivity index (χ1n) is 7.30. The van der Waals surface area contributed by atoms with E-state index >= 15 is 0 Å². The summed E-state index contributed by atoms with van der Waals surface area (Å²) in [7, 11) is 2.05. The van der Waals surface area contributed by atoms with Gasteiger partial charge in [-0.05, 0) is 38.8 Å². The van der Waals surface area contributed by atoms with Gasteiger partial charge < -0.3 is 4.90 Å². The van der Waals surface area contributed by atoms with Gasteiger partial charge in [0.05, 0.1) is 5.56 Å². The van der Waals surface area contributed by atoms with Gasteiger partial charge in [-0.2, -0.15) is 13.2 Å². The van der Waals surface area contributed by atoms with Crippen molar-refractivity contribution in [3.63, 3.8) is 0 Å². The number of rotatable bonds is 2. The normalized spacial score (nSPS) is 29.6. The van der Waals surface area contributed by atoms with Crippen LogP contribution in [0.4, 0.5) is 13.2 Å². The number of ketones is 1. The van der Waals surface area contributed by atoms with Crippen molar-refractivity contribution in [1.29, 1.82) is 0 Å². The molecule has 1 aromatic rings. The van der Waals surface area contributed by atoms with Crippen LogP contribution in [-0.4, -0.2) is 29.8 Å². The number of fused-ring (bicyclic) bond motifs is 2. The van der Waals surface area contributed by atoms with Gasteiger partial charge in [-0.15, -0.1) is 0 Å². The number of carbonyl (C=O) groups excluding carboxylic acids is 1. The lowest BCUT2D eigenvalue weighted by Crippen LogP contribution is -2.42. The van der Waals surface area contributed by atoms with Gasteiger partial charge in [0.25, 0.3) is 0 Å². The first-order chi connectivity index (χ1) is 9.88. The highest BCUT2D eigenvalue weighted by atomic mass is 19.4. The lowest BCUT2D eigenvalue weighted by molar-refractivity contribution is -0.138. The Morgan fingerprint density at radius 2 is 1.71 bits per heavy atom. The molecule has 2 heterocycles. The van der Waals surface area contributed by atoms with Gasteiger partial charge in [-0.1, -0.05) is 18.2 Å². The molecule has 2 nitrogen and oxygen atoms in total. The molecule has 5 heteroatoms. The van der Waals surface area contributed by atoms with Crippen molar-refractivity contribution < 1.29 is 18.0 Å². The summed E-state index contributed by atoms with van der Waals surface area (Å²) >= 11 is 0. The third-order valence-corrected chi connectivity index (χ3v) is 4.97. The molecule has 0 amide bonds. The second kappa shape index (κ2) is 5.13. The molecule has 2 aliphatic heterocycles. The molecule has 2 saturated heterocycles. The van der Waals surface area contributed by atoms with Crippen molar-refractivity contribution >= 4 is 5.78 Å². The van der Waals surface area contributed by atoms with Gasteiger partial charge in [0.2, 0.25) is 0 Å². The first kappa shape index (κ1) is 14.6. The molecule has 2 aliphatic rings. The minimum absolute atomic E-state index is 0.168. The molecule has 0 aliphatic carbocycles. The molecular formula is C16H18F3NO. The van der Waals surface area contributed by atoms with E-state index in [1.54, 1.807) is 0 Å².